The molecule has 0 aliphatic carbocycles. The third-order valence-electron chi connectivity index (χ3n) is 3.47. The second-order valence-electron chi connectivity index (χ2n) is 4.92. The van der Waals surface area contributed by atoms with Crippen LogP contribution in [0.2, 0.25) is 0 Å². The van der Waals surface area contributed by atoms with Crippen LogP contribution in [-0.4, -0.2) is 48.5 Å². The molecule has 1 aliphatic heterocycles. The van der Waals surface area contributed by atoms with Crippen LogP contribution in [0.4, 0.5) is 0 Å². The Morgan fingerprint density at radius 2 is 2.30 bits per heavy atom. The number of aromatic amines is 1. The van der Waals surface area contributed by atoms with Crippen LogP contribution in [0.1, 0.15) is 25.5 Å². The Morgan fingerprint density at radius 3 is 2.80 bits per heavy atom. The van der Waals surface area contributed by atoms with Crippen molar-refractivity contribution in [2.45, 2.75) is 32.2 Å². The smallest absolute Gasteiger partial charge is 0.280 e. The minimum atomic E-state index is -3.01. The number of sulfone groups is 1. The predicted octanol–water partition coefficient (Wildman–Crippen LogP) is -0.0639. The van der Waals surface area contributed by atoms with E-state index in [2.05, 4.69) is 5.16 Å². The van der Waals surface area contributed by atoms with Crippen LogP contribution in [-0.2, 0) is 21.1 Å². The number of aromatic nitrogens is 1. The first-order valence-electron chi connectivity index (χ1n) is 6.58. The molecular formula is C12H18N2O5S. The highest BCUT2D eigenvalue weighted by Gasteiger charge is 2.33. The monoisotopic (exact) mass is 302 g/mol. The number of carbonyl (C=O) groups excluding carboxylic acids is 1. The topological polar surface area (TPSA) is 100 Å². The molecule has 1 amide bonds. The highest BCUT2D eigenvalue weighted by Crippen LogP contribution is 2.18. The molecule has 8 heteroatoms. The second kappa shape index (κ2) is 5.82. The number of amides is 1. The van der Waals surface area contributed by atoms with Gasteiger partial charge in [-0.3, -0.25) is 9.59 Å². The Bertz CT molecular complexity index is 630. The van der Waals surface area contributed by atoms with Gasteiger partial charge in [0, 0.05) is 31.5 Å². The largest absolute Gasteiger partial charge is 0.384 e. The van der Waals surface area contributed by atoms with E-state index in [1.807, 2.05) is 6.92 Å². The number of rotatable bonds is 5. The first kappa shape index (κ1) is 14.8. The number of aryl methyl sites for hydroxylation is 1. The van der Waals surface area contributed by atoms with Crippen molar-refractivity contribution >= 4 is 15.7 Å². The van der Waals surface area contributed by atoms with Crippen LogP contribution in [0, 0.1) is 0 Å². The maximum absolute atomic E-state index is 12.2. The van der Waals surface area contributed by atoms with Gasteiger partial charge >= 0.3 is 0 Å². The normalized spacial score (nSPS) is 20.9. The summed E-state index contributed by atoms with van der Waals surface area (Å²) in [7, 11) is -3.01. The lowest BCUT2D eigenvalue weighted by molar-refractivity contribution is -0.132. The number of H-pyrrole nitrogens is 1. The number of hydrogen-bond acceptors (Lipinski definition) is 5. The molecule has 1 atom stereocenters. The summed E-state index contributed by atoms with van der Waals surface area (Å²) in [5.41, 5.74) is -0.332. The molecule has 0 aromatic carbocycles. The van der Waals surface area contributed by atoms with E-state index in [0.717, 1.165) is 0 Å². The van der Waals surface area contributed by atoms with Gasteiger partial charge in [-0.1, -0.05) is 0 Å². The first-order valence-corrected chi connectivity index (χ1v) is 8.40. The summed E-state index contributed by atoms with van der Waals surface area (Å²) in [6, 6.07) is 1.08. The minimum absolute atomic E-state index is 0.0474. The molecule has 0 spiro atoms. The van der Waals surface area contributed by atoms with Crippen molar-refractivity contribution in [3.05, 3.63) is 22.2 Å². The number of hydrogen-bond donors (Lipinski definition) is 1. The Balaban J connectivity index is 1.94. The number of nitrogens with zero attached hydrogens (tertiary/aromatic N) is 1. The third-order valence-corrected chi connectivity index (χ3v) is 5.22. The molecule has 2 heterocycles. The Labute approximate surface area is 116 Å². The van der Waals surface area contributed by atoms with Gasteiger partial charge in [-0.25, -0.2) is 8.42 Å². The summed E-state index contributed by atoms with van der Waals surface area (Å²) in [6.45, 7) is 2.31. The molecule has 1 N–H and O–H groups in total. The molecule has 112 valence electrons. The second-order valence-corrected chi connectivity index (χ2v) is 7.14. The molecule has 0 unspecified atom stereocenters. The third kappa shape index (κ3) is 3.50. The van der Waals surface area contributed by atoms with Crippen LogP contribution < -0.4 is 5.56 Å². The number of carbonyl (C=O) groups is 1. The molecule has 0 bridgehead atoms. The summed E-state index contributed by atoms with van der Waals surface area (Å²) < 4.78 is 27.8. The van der Waals surface area contributed by atoms with Crippen LogP contribution in [0.3, 0.4) is 0 Å². The van der Waals surface area contributed by atoms with E-state index < -0.39 is 9.84 Å². The lowest BCUT2D eigenvalue weighted by Gasteiger charge is -2.26. The van der Waals surface area contributed by atoms with Gasteiger partial charge in [0.2, 0.25) is 5.91 Å². The van der Waals surface area contributed by atoms with Crippen molar-refractivity contribution in [2.24, 2.45) is 0 Å². The Morgan fingerprint density at radius 1 is 1.55 bits per heavy atom. The van der Waals surface area contributed by atoms with Gasteiger partial charge in [0.05, 0.1) is 11.5 Å². The lowest BCUT2D eigenvalue weighted by Crippen LogP contribution is -2.41. The summed E-state index contributed by atoms with van der Waals surface area (Å²) in [5.74, 6) is 0.511. The quantitative estimate of drug-likeness (QED) is 0.821. The fourth-order valence-electron chi connectivity index (χ4n) is 2.48. The average Bonchev–Trinajstić information content (AvgIpc) is 2.94. The number of nitrogens with one attached hydrogen (secondary N) is 1. The molecule has 2 rings (SSSR count). The maximum atomic E-state index is 12.2. The summed E-state index contributed by atoms with van der Waals surface area (Å²) >= 11 is 0. The molecule has 1 aromatic heterocycles. The maximum Gasteiger partial charge on any atom is 0.280 e. The van der Waals surface area contributed by atoms with Crippen LogP contribution in [0.5, 0.6) is 0 Å². The molecule has 1 fully saturated rings. The Kier molecular flexibility index (Phi) is 4.32. The van der Waals surface area contributed by atoms with E-state index in [1.54, 1.807) is 4.90 Å². The van der Waals surface area contributed by atoms with Crippen molar-refractivity contribution in [3.8, 4) is 0 Å². The van der Waals surface area contributed by atoms with E-state index in [0.29, 0.717) is 25.1 Å². The molecule has 1 aliphatic rings. The van der Waals surface area contributed by atoms with Crippen LogP contribution >= 0.6 is 0 Å². The molecule has 7 nitrogen and oxygen atoms in total. The average molecular weight is 302 g/mol. The van der Waals surface area contributed by atoms with E-state index in [4.69, 9.17) is 4.52 Å². The lowest BCUT2D eigenvalue weighted by atomic mass is 10.1. The molecule has 1 saturated heterocycles. The van der Waals surface area contributed by atoms with E-state index in [1.165, 1.54) is 6.07 Å². The molecule has 0 radical (unpaired) electrons. The van der Waals surface area contributed by atoms with Gasteiger partial charge in [-0.2, -0.15) is 5.16 Å². The van der Waals surface area contributed by atoms with Crippen LogP contribution in [0.25, 0.3) is 0 Å². The molecule has 1 aromatic rings. The Hall–Kier alpha value is -1.57. The molecule has 0 saturated carbocycles. The highest BCUT2D eigenvalue weighted by molar-refractivity contribution is 7.91. The molecule has 20 heavy (non-hydrogen) atoms. The van der Waals surface area contributed by atoms with Gasteiger partial charge < -0.3 is 9.42 Å². The zero-order chi connectivity index (χ0) is 14.8. The summed E-state index contributed by atoms with van der Waals surface area (Å²) in [4.78, 5) is 24.7. The predicted molar refractivity (Wildman–Crippen MR) is 72.1 cm³/mol. The fraction of sp³-hybridized carbons (Fsp3) is 0.667. The standard InChI is InChI=1S/C12H18N2O5S/c1-2-14(9-5-6-20(17,18)8-9)12(16)4-3-10-7-11(15)13-19-10/h7,9H,2-6,8H2,1H3,(H,13,15)/t9-/m0/s1. The first-order chi connectivity index (χ1) is 9.41. The SMILES string of the molecule is CCN(C(=O)CCc1cc(=O)[nH]o1)[C@H]1CCS(=O)(=O)C1. The van der Waals surface area contributed by atoms with Crippen molar-refractivity contribution in [2.75, 3.05) is 18.1 Å². The van der Waals surface area contributed by atoms with E-state index in [9.17, 15) is 18.0 Å². The summed E-state index contributed by atoms with van der Waals surface area (Å²) in [5, 5.41) is 2.17. The van der Waals surface area contributed by atoms with Gasteiger partial charge in [0.1, 0.15) is 5.76 Å². The zero-order valence-corrected chi connectivity index (χ0v) is 12.1. The van der Waals surface area contributed by atoms with E-state index >= 15 is 0 Å². The van der Waals surface area contributed by atoms with E-state index in [-0.39, 0.29) is 35.4 Å². The zero-order valence-electron chi connectivity index (χ0n) is 11.3. The van der Waals surface area contributed by atoms with Gasteiger partial charge in [0.25, 0.3) is 5.56 Å². The van der Waals surface area contributed by atoms with Crippen molar-refractivity contribution in [1.82, 2.24) is 10.1 Å². The minimum Gasteiger partial charge on any atom is -0.384 e. The van der Waals surface area contributed by atoms with Gasteiger partial charge in [-0.05, 0) is 13.3 Å². The van der Waals surface area contributed by atoms with Gasteiger partial charge in [0.15, 0.2) is 9.84 Å². The van der Waals surface area contributed by atoms with Gasteiger partial charge in [-0.15, -0.1) is 0 Å². The fourth-order valence-corrected chi connectivity index (χ4v) is 4.21. The highest BCUT2D eigenvalue weighted by atomic mass is 32.2. The van der Waals surface area contributed by atoms with Crippen molar-refractivity contribution in [1.29, 1.82) is 0 Å². The summed E-state index contributed by atoms with van der Waals surface area (Å²) in [6.07, 6.45) is 1.03. The van der Waals surface area contributed by atoms with Crippen LogP contribution in [0.15, 0.2) is 15.4 Å². The van der Waals surface area contributed by atoms with Crippen molar-refractivity contribution < 1.29 is 17.7 Å². The van der Waals surface area contributed by atoms with Crippen molar-refractivity contribution in [3.63, 3.8) is 0 Å². The molecular weight excluding hydrogens is 284 g/mol.